The van der Waals surface area contributed by atoms with Crippen molar-refractivity contribution in [3.05, 3.63) is 36.0 Å². The molecule has 0 aliphatic carbocycles. The molecule has 1 aromatic carbocycles. The third-order valence-corrected chi connectivity index (χ3v) is 5.60. The number of amides is 4. The Bertz CT molecular complexity index is 1150. The van der Waals surface area contributed by atoms with Crippen LogP contribution in [-0.4, -0.2) is 86.3 Å². The minimum Gasteiger partial charge on any atom is -0.480 e. The Morgan fingerprint density at radius 1 is 0.919 bits per heavy atom. The van der Waals surface area contributed by atoms with Gasteiger partial charge in [0.05, 0.1) is 24.7 Å². The summed E-state index contributed by atoms with van der Waals surface area (Å²) in [4.78, 5) is 64.0. The third kappa shape index (κ3) is 7.99. The number of fused-ring (bicyclic) bond motifs is 1. The molecule has 37 heavy (non-hydrogen) atoms. The summed E-state index contributed by atoms with van der Waals surface area (Å²) in [6, 6.07) is 1.18. The number of carboxylic acids is 1. The van der Waals surface area contributed by atoms with Gasteiger partial charge in [-0.05, 0) is 25.5 Å². The molecule has 6 atom stereocenters. The fraction of sp³-hybridized carbons (Fsp3) is 0.435. The number of hydrogen-bond acceptors (Lipinski definition) is 8. The molecule has 0 saturated carbocycles. The molecule has 14 nitrogen and oxygen atoms in total. The number of nitrogens with one attached hydrogen (secondary N) is 4. The van der Waals surface area contributed by atoms with Crippen molar-refractivity contribution in [3.63, 3.8) is 0 Å². The maximum absolute atomic E-state index is 13.1. The van der Waals surface area contributed by atoms with Crippen LogP contribution in [0, 0.1) is 0 Å². The van der Waals surface area contributed by atoms with E-state index in [-0.39, 0.29) is 6.42 Å². The van der Waals surface area contributed by atoms with E-state index in [1.165, 1.54) is 13.8 Å². The second kappa shape index (κ2) is 12.8. The van der Waals surface area contributed by atoms with Crippen molar-refractivity contribution in [2.45, 2.75) is 63.1 Å². The lowest BCUT2D eigenvalue weighted by molar-refractivity contribution is -0.145. The summed E-state index contributed by atoms with van der Waals surface area (Å²) in [5, 5.41) is 36.8. The molecule has 1 heterocycles. The van der Waals surface area contributed by atoms with E-state index in [1.54, 1.807) is 30.5 Å². The highest BCUT2D eigenvalue weighted by molar-refractivity contribution is 5.96. The molecule has 0 spiro atoms. The number of aliphatic hydroxyl groups is 2. The minimum atomic E-state index is -1.66. The lowest BCUT2D eigenvalue weighted by atomic mass is 10.0. The van der Waals surface area contributed by atoms with Gasteiger partial charge in [0.15, 0.2) is 6.04 Å². The topological polar surface area (TPSA) is 250 Å². The predicted molar refractivity (Wildman–Crippen MR) is 131 cm³/mol. The number of aliphatic hydroxyl groups excluding tert-OH is 2. The van der Waals surface area contributed by atoms with E-state index in [1.807, 2.05) is 0 Å². The highest BCUT2D eigenvalue weighted by Gasteiger charge is 2.34. The zero-order valence-corrected chi connectivity index (χ0v) is 20.3. The van der Waals surface area contributed by atoms with Gasteiger partial charge in [-0.15, -0.1) is 0 Å². The smallest absolute Gasteiger partial charge is 0.328 e. The highest BCUT2D eigenvalue weighted by atomic mass is 16.4. The first-order valence-corrected chi connectivity index (χ1v) is 11.4. The zero-order valence-electron chi connectivity index (χ0n) is 20.3. The highest BCUT2D eigenvalue weighted by Crippen LogP contribution is 2.19. The fourth-order valence-corrected chi connectivity index (χ4v) is 3.61. The monoisotopic (exact) mass is 520 g/mol. The number of aromatic amines is 1. The molecule has 0 radical (unpaired) electrons. The summed E-state index contributed by atoms with van der Waals surface area (Å²) in [5.41, 5.74) is 12.0. The molecule has 6 unspecified atom stereocenters. The minimum absolute atomic E-state index is 0.102. The van der Waals surface area contributed by atoms with Gasteiger partial charge < -0.3 is 47.7 Å². The number of hydrogen-bond donors (Lipinski definition) is 9. The van der Waals surface area contributed by atoms with Gasteiger partial charge in [0.1, 0.15) is 12.1 Å². The first-order chi connectivity index (χ1) is 17.3. The summed E-state index contributed by atoms with van der Waals surface area (Å²) >= 11 is 0. The van der Waals surface area contributed by atoms with Crippen molar-refractivity contribution in [3.8, 4) is 0 Å². The van der Waals surface area contributed by atoms with Crippen molar-refractivity contribution < 1.29 is 39.3 Å². The maximum atomic E-state index is 13.1. The third-order valence-electron chi connectivity index (χ3n) is 5.60. The number of aromatic nitrogens is 1. The van der Waals surface area contributed by atoms with Crippen LogP contribution in [0.25, 0.3) is 10.9 Å². The number of rotatable bonds is 13. The van der Waals surface area contributed by atoms with Crippen LogP contribution in [0.15, 0.2) is 30.5 Å². The lowest BCUT2D eigenvalue weighted by Gasteiger charge is -2.26. The zero-order chi connectivity index (χ0) is 27.9. The van der Waals surface area contributed by atoms with E-state index in [2.05, 4.69) is 20.9 Å². The van der Waals surface area contributed by atoms with Gasteiger partial charge in [-0.1, -0.05) is 18.2 Å². The molecule has 0 aliphatic heterocycles. The van der Waals surface area contributed by atoms with Gasteiger partial charge in [0.2, 0.25) is 23.6 Å². The van der Waals surface area contributed by atoms with Crippen LogP contribution in [-0.2, 0) is 30.4 Å². The molecule has 2 aromatic rings. The van der Waals surface area contributed by atoms with Crippen molar-refractivity contribution >= 4 is 40.5 Å². The van der Waals surface area contributed by atoms with Crippen LogP contribution in [0.4, 0.5) is 0 Å². The summed E-state index contributed by atoms with van der Waals surface area (Å²) in [5.74, 6) is -5.16. The van der Waals surface area contributed by atoms with E-state index in [0.29, 0.717) is 5.56 Å². The Kier molecular flexibility index (Phi) is 10.1. The van der Waals surface area contributed by atoms with Crippen LogP contribution in [0.3, 0.4) is 0 Å². The molecule has 14 heteroatoms. The number of primary amides is 1. The van der Waals surface area contributed by atoms with E-state index in [9.17, 15) is 39.3 Å². The number of H-pyrrole nitrogens is 1. The number of carbonyl (C=O) groups excluding carboxylic acids is 4. The normalized spacial score (nSPS) is 16.0. The molecule has 0 saturated heterocycles. The molecule has 0 fully saturated rings. The molecule has 4 amide bonds. The van der Waals surface area contributed by atoms with Crippen LogP contribution in [0.2, 0.25) is 0 Å². The van der Waals surface area contributed by atoms with E-state index in [4.69, 9.17) is 11.5 Å². The van der Waals surface area contributed by atoms with Gasteiger partial charge in [-0.25, -0.2) is 4.79 Å². The Balaban J connectivity index is 2.31. The number of aliphatic carboxylic acids is 1. The second-order valence-corrected chi connectivity index (χ2v) is 8.69. The first-order valence-electron chi connectivity index (χ1n) is 11.4. The van der Waals surface area contributed by atoms with Gasteiger partial charge in [0.25, 0.3) is 0 Å². The van der Waals surface area contributed by atoms with Gasteiger partial charge in [-0.2, -0.15) is 0 Å². The van der Waals surface area contributed by atoms with Gasteiger partial charge in [-0.3, -0.25) is 19.2 Å². The summed E-state index contributed by atoms with van der Waals surface area (Å²) < 4.78 is 0. The van der Waals surface area contributed by atoms with Crippen LogP contribution >= 0.6 is 0 Å². The first kappa shape index (κ1) is 29.2. The quantitative estimate of drug-likeness (QED) is 0.132. The summed E-state index contributed by atoms with van der Waals surface area (Å²) in [7, 11) is 0. The van der Waals surface area contributed by atoms with Crippen LogP contribution < -0.4 is 27.4 Å². The number of carbonyl (C=O) groups is 5. The molecule has 0 bridgehead atoms. The van der Waals surface area contributed by atoms with Crippen LogP contribution in [0.5, 0.6) is 0 Å². The molecular formula is C23H32N6O8. The Hall–Kier alpha value is -4.01. The van der Waals surface area contributed by atoms with E-state index >= 15 is 0 Å². The average molecular weight is 521 g/mol. The molecule has 1 aromatic heterocycles. The SMILES string of the molecule is CC(O)C(NC(=O)C(Cc1c[nH]c2ccccc12)NC(=O)C(NC(=O)C(N)CC(N)=O)C(C)O)C(=O)O. The molecular weight excluding hydrogens is 488 g/mol. The predicted octanol–water partition coefficient (Wildman–Crippen LogP) is -2.79. The molecule has 202 valence electrons. The average Bonchev–Trinajstić information content (AvgIpc) is 3.21. The largest absolute Gasteiger partial charge is 0.480 e. The molecule has 11 N–H and O–H groups in total. The second-order valence-electron chi connectivity index (χ2n) is 8.69. The van der Waals surface area contributed by atoms with Crippen molar-refractivity contribution in [1.29, 1.82) is 0 Å². The molecule has 2 rings (SSSR count). The summed E-state index contributed by atoms with van der Waals surface area (Å²) in [6.45, 7) is 2.40. The van der Waals surface area contributed by atoms with Gasteiger partial charge >= 0.3 is 5.97 Å². The number of nitrogens with two attached hydrogens (primary N) is 2. The van der Waals surface area contributed by atoms with E-state index < -0.39 is 72.4 Å². The van der Waals surface area contributed by atoms with Crippen LogP contribution in [0.1, 0.15) is 25.8 Å². The molecule has 0 aliphatic rings. The Labute approximate surface area is 211 Å². The summed E-state index contributed by atoms with van der Waals surface area (Å²) in [6.07, 6.45) is -1.86. The van der Waals surface area contributed by atoms with Crippen molar-refractivity contribution in [2.75, 3.05) is 0 Å². The Morgan fingerprint density at radius 3 is 2.08 bits per heavy atom. The number of benzene rings is 1. The van der Waals surface area contributed by atoms with Crippen molar-refractivity contribution in [1.82, 2.24) is 20.9 Å². The maximum Gasteiger partial charge on any atom is 0.328 e. The fourth-order valence-electron chi connectivity index (χ4n) is 3.61. The lowest BCUT2D eigenvalue weighted by Crippen LogP contribution is -2.61. The van der Waals surface area contributed by atoms with Gasteiger partial charge in [0, 0.05) is 23.5 Å². The van der Waals surface area contributed by atoms with E-state index in [0.717, 1.165) is 10.9 Å². The number of para-hydroxylation sites is 1. The van der Waals surface area contributed by atoms with Crippen molar-refractivity contribution in [2.24, 2.45) is 11.5 Å². The standard InChI is InChI=1S/C23H32N6O8/c1-10(30)18(28-20(33)14(24)8-17(25)32)22(35)27-16(21(34)29-19(11(2)31)23(36)37)7-12-9-26-15-6-4-3-5-13(12)15/h3-6,9-11,14,16,18-19,26,30-31H,7-8,24H2,1-2H3,(H2,25,32)(H,27,35)(H,28,33)(H,29,34)(H,36,37). The Morgan fingerprint density at radius 2 is 1.51 bits per heavy atom. The number of carboxylic acid groups (broad SMARTS) is 1.